The summed E-state index contributed by atoms with van der Waals surface area (Å²) in [4.78, 5) is 12.8. The third kappa shape index (κ3) is 10.1. The molecule has 0 radical (unpaired) electrons. The highest BCUT2D eigenvalue weighted by Gasteiger charge is 2.28. The number of aliphatic hydroxyl groups is 1. The van der Waals surface area contributed by atoms with E-state index in [9.17, 15) is 23.1 Å². The standard InChI is InChI=1S/C10H19F3N2O2/c1-9(17,7-15(2)3)6-14-8(16)4-5-10(11,12)13/h17H,4-7H2,1-3H3,(H,14,16). The fraction of sp³-hybridized carbons (Fsp3) is 0.900. The van der Waals surface area contributed by atoms with Gasteiger partial charge in [-0.2, -0.15) is 13.2 Å². The number of nitrogens with one attached hydrogen (secondary N) is 1. The number of hydrogen-bond acceptors (Lipinski definition) is 3. The van der Waals surface area contributed by atoms with Crippen LogP contribution in [0.3, 0.4) is 0 Å². The minimum Gasteiger partial charge on any atom is -0.387 e. The average molecular weight is 256 g/mol. The number of halogens is 3. The number of amides is 1. The number of hydrogen-bond donors (Lipinski definition) is 2. The highest BCUT2D eigenvalue weighted by Crippen LogP contribution is 2.21. The van der Waals surface area contributed by atoms with E-state index in [0.29, 0.717) is 6.54 Å². The first kappa shape index (κ1) is 16.2. The lowest BCUT2D eigenvalue weighted by Crippen LogP contribution is -2.47. The first-order chi connectivity index (χ1) is 7.52. The van der Waals surface area contributed by atoms with E-state index in [2.05, 4.69) is 5.32 Å². The Kier molecular flexibility index (Phi) is 5.91. The predicted molar refractivity (Wildman–Crippen MR) is 57.5 cm³/mol. The normalized spacial score (nSPS) is 15.8. The monoisotopic (exact) mass is 256 g/mol. The van der Waals surface area contributed by atoms with Crippen LogP contribution in [0.15, 0.2) is 0 Å². The zero-order valence-corrected chi connectivity index (χ0v) is 10.3. The summed E-state index contributed by atoms with van der Waals surface area (Å²) in [6, 6.07) is 0. The van der Waals surface area contributed by atoms with Gasteiger partial charge in [0.1, 0.15) is 0 Å². The number of alkyl halides is 3. The molecule has 4 nitrogen and oxygen atoms in total. The van der Waals surface area contributed by atoms with Crippen LogP contribution in [0.5, 0.6) is 0 Å². The van der Waals surface area contributed by atoms with Crippen molar-refractivity contribution in [1.82, 2.24) is 10.2 Å². The number of likely N-dealkylation sites (N-methyl/N-ethyl adjacent to an activating group) is 1. The Morgan fingerprint density at radius 2 is 1.88 bits per heavy atom. The lowest BCUT2D eigenvalue weighted by atomic mass is 10.1. The smallest absolute Gasteiger partial charge is 0.387 e. The molecule has 0 aliphatic carbocycles. The quantitative estimate of drug-likeness (QED) is 0.737. The van der Waals surface area contributed by atoms with E-state index in [4.69, 9.17) is 0 Å². The Hall–Kier alpha value is -0.820. The Bertz CT molecular complexity index is 252. The van der Waals surface area contributed by atoms with Gasteiger partial charge in [0.05, 0.1) is 12.0 Å². The predicted octanol–water partition coefficient (Wildman–Crippen LogP) is 0.758. The topological polar surface area (TPSA) is 52.6 Å². The van der Waals surface area contributed by atoms with Gasteiger partial charge in [-0.05, 0) is 21.0 Å². The highest BCUT2D eigenvalue weighted by atomic mass is 19.4. The first-order valence-corrected chi connectivity index (χ1v) is 5.22. The SMILES string of the molecule is CN(C)CC(C)(O)CNC(=O)CCC(F)(F)F. The molecule has 0 aromatic carbocycles. The van der Waals surface area contributed by atoms with Gasteiger partial charge in [0.25, 0.3) is 0 Å². The molecule has 1 unspecified atom stereocenters. The largest absolute Gasteiger partial charge is 0.389 e. The molecule has 17 heavy (non-hydrogen) atoms. The average Bonchev–Trinajstić information content (AvgIpc) is 2.08. The van der Waals surface area contributed by atoms with Crippen molar-refractivity contribution in [2.24, 2.45) is 0 Å². The molecule has 0 aliphatic heterocycles. The summed E-state index contributed by atoms with van der Waals surface area (Å²) in [6.07, 6.45) is -6.08. The molecule has 0 heterocycles. The van der Waals surface area contributed by atoms with E-state index in [0.717, 1.165) is 0 Å². The maximum atomic E-state index is 11.8. The van der Waals surface area contributed by atoms with Crippen molar-refractivity contribution in [3.8, 4) is 0 Å². The third-order valence-corrected chi connectivity index (χ3v) is 1.96. The van der Waals surface area contributed by atoms with E-state index in [1.165, 1.54) is 6.92 Å². The van der Waals surface area contributed by atoms with Gasteiger partial charge in [-0.25, -0.2) is 0 Å². The Labute approximate surface area is 98.8 Å². The van der Waals surface area contributed by atoms with Gasteiger partial charge < -0.3 is 15.3 Å². The molecule has 2 N–H and O–H groups in total. The number of rotatable bonds is 6. The minimum atomic E-state index is -4.33. The molecule has 0 bridgehead atoms. The molecule has 0 aromatic rings. The number of carbonyl (C=O) groups excluding carboxylic acids is 1. The molecule has 7 heteroatoms. The van der Waals surface area contributed by atoms with E-state index in [-0.39, 0.29) is 6.54 Å². The zero-order chi connectivity index (χ0) is 13.7. The maximum Gasteiger partial charge on any atom is 0.389 e. The van der Waals surface area contributed by atoms with Gasteiger partial charge >= 0.3 is 6.18 Å². The molecule has 0 aliphatic rings. The second-order valence-corrected chi connectivity index (χ2v) is 4.63. The second kappa shape index (κ2) is 6.20. The van der Waals surface area contributed by atoms with Crippen LogP contribution in [0.4, 0.5) is 13.2 Å². The Morgan fingerprint density at radius 3 is 2.29 bits per heavy atom. The summed E-state index contributed by atoms with van der Waals surface area (Å²) in [5, 5.41) is 12.1. The summed E-state index contributed by atoms with van der Waals surface area (Å²) in [6.45, 7) is 1.76. The lowest BCUT2D eigenvalue weighted by molar-refractivity contribution is -0.144. The molecular weight excluding hydrogens is 237 g/mol. The van der Waals surface area contributed by atoms with Crippen molar-refractivity contribution in [3.63, 3.8) is 0 Å². The number of nitrogens with zero attached hydrogens (tertiary/aromatic N) is 1. The zero-order valence-electron chi connectivity index (χ0n) is 10.3. The summed E-state index contributed by atoms with van der Waals surface area (Å²) in [5.74, 6) is -0.707. The van der Waals surface area contributed by atoms with Crippen LogP contribution in [0.1, 0.15) is 19.8 Å². The summed E-state index contributed by atoms with van der Waals surface area (Å²) in [7, 11) is 3.50. The molecule has 0 spiro atoms. The number of carbonyl (C=O) groups is 1. The molecular formula is C10H19F3N2O2. The molecule has 0 fully saturated rings. The molecule has 0 saturated heterocycles. The van der Waals surface area contributed by atoms with Crippen molar-refractivity contribution < 1.29 is 23.1 Å². The molecule has 102 valence electrons. The van der Waals surface area contributed by atoms with Crippen LogP contribution in [-0.2, 0) is 4.79 Å². The van der Waals surface area contributed by atoms with Crippen LogP contribution in [0.25, 0.3) is 0 Å². The molecule has 0 rings (SSSR count). The van der Waals surface area contributed by atoms with Crippen LogP contribution >= 0.6 is 0 Å². The van der Waals surface area contributed by atoms with Gasteiger partial charge in [0, 0.05) is 19.5 Å². The summed E-state index contributed by atoms with van der Waals surface area (Å²) >= 11 is 0. The van der Waals surface area contributed by atoms with Crippen molar-refractivity contribution in [1.29, 1.82) is 0 Å². The van der Waals surface area contributed by atoms with Gasteiger partial charge in [-0.15, -0.1) is 0 Å². The Balaban J connectivity index is 3.91. The molecule has 1 amide bonds. The van der Waals surface area contributed by atoms with Gasteiger partial charge in [-0.1, -0.05) is 0 Å². The van der Waals surface area contributed by atoms with Crippen molar-refractivity contribution in [2.45, 2.75) is 31.5 Å². The van der Waals surface area contributed by atoms with E-state index in [1.54, 1.807) is 19.0 Å². The fourth-order valence-corrected chi connectivity index (χ4v) is 1.37. The summed E-state index contributed by atoms with van der Waals surface area (Å²) < 4.78 is 35.5. The van der Waals surface area contributed by atoms with Crippen molar-refractivity contribution >= 4 is 5.91 Å². The molecule has 1 atom stereocenters. The van der Waals surface area contributed by atoms with E-state index < -0.39 is 30.5 Å². The maximum absolute atomic E-state index is 11.8. The minimum absolute atomic E-state index is 0.0676. The lowest BCUT2D eigenvalue weighted by Gasteiger charge is -2.27. The molecule has 0 aromatic heterocycles. The third-order valence-electron chi connectivity index (χ3n) is 1.96. The van der Waals surface area contributed by atoms with Crippen molar-refractivity contribution in [3.05, 3.63) is 0 Å². The van der Waals surface area contributed by atoms with Gasteiger partial charge in [0.2, 0.25) is 5.91 Å². The summed E-state index contributed by atoms with van der Waals surface area (Å²) in [5.41, 5.74) is -1.16. The van der Waals surface area contributed by atoms with Crippen LogP contribution < -0.4 is 5.32 Å². The molecule has 0 saturated carbocycles. The van der Waals surface area contributed by atoms with Crippen LogP contribution in [-0.4, -0.2) is 54.9 Å². The van der Waals surface area contributed by atoms with Gasteiger partial charge in [0.15, 0.2) is 0 Å². The van der Waals surface area contributed by atoms with Crippen molar-refractivity contribution in [2.75, 3.05) is 27.2 Å². The van der Waals surface area contributed by atoms with Gasteiger partial charge in [-0.3, -0.25) is 4.79 Å². The van der Waals surface area contributed by atoms with E-state index >= 15 is 0 Å². The highest BCUT2D eigenvalue weighted by molar-refractivity contribution is 5.75. The Morgan fingerprint density at radius 1 is 1.35 bits per heavy atom. The second-order valence-electron chi connectivity index (χ2n) is 4.63. The van der Waals surface area contributed by atoms with E-state index in [1.807, 2.05) is 0 Å². The van der Waals surface area contributed by atoms with Crippen LogP contribution in [0.2, 0.25) is 0 Å². The fourth-order valence-electron chi connectivity index (χ4n) is 1.37. The first-order valence-electron chi connectivity index (χ1n) is 5.22. The van der Waals surface area contributed by atoms with Crippen LogP contribution in [0, 0.1) is 0 Å².